The molecule has 5 heteroatoms. The van der Waals surface area contributed by atoms with E-state index < -0.39 is 0 Å². The maximum absolute atomic E-state index is 14.1. The number of nitrogens with zero attached hydrogens (tertiary/aromatic N) is 2. The smallest absolute Gasteiger partial charge is 0.409 e. The second-order valence-electron chi connectivity index (χ2n) is 6.98. The van der Waals surface area contributed by atoms with E-state index in [2.05, 4.69) is 11.1 Å². The standard InChI is InChI=1S/C22H23FN2O2/c1-2-27-22(26)25-12-9-16(10-13-25)20-19-14-18(23)8-7-15(19)5-6-17-4-3-11-24-21(17)20/h3-4,7-8,11,14H,2,5-6,9-10,12-13H2,1H3. The highest BCUT2D eigenvalue weighted by atomic mass is 19.1. The van der Waals surface area contributed by atoms with Gasteiger partial charge in [0.15, 0.2) is 0 Å². The third-order valence-corrected chi connectivity index (χ3v) is 5.38. The number of carbonyl (C=O) groups excluding carboxylic acids is 1. The number of carbonyl (C=O) groups is 1. The summed E-state index contributed by atoms with van der Waals surface area (Å²) in [6.45, 7) is 3.43. The first-order chi connectivity index (χ1) is 13.2. The molecule has 1 aromatic carbocycles. The van der Waals surface area contributed by atoms with Crippen LogP contribution in [0.15, 0.2) is 42.1 Å². The van der Waals surface area contributed by atoms with Crippen LogP contribution in [0.3, 0.4) is 0 Å². The normalized spacial score (nSPS) is 16.4. The van der Waals surface area contributed by atoms with Crippen LogP contribution in [-0.4, -0.2) is 35.7 Å². The monoisotopic (exact) mass is 366 g/mol. The summed E-state index contributed by atoms with van der Waals surface area (Å²) in [5.74, 6) is -0.227. The molecule has 0 unspecified atom stereocenters. The van der Waals surface area contributed by atoms with Gasteiger partial charge in [-0.2, -0.15) is 0 Å². The number of likely N-dealkylation sites (tertiary alicyclic amines) is 1. The number of aryl methyl sites for hydroxylation is 2. The van der Waals surface area contributed by atoms with Gasteiger partial charge in [0.1, 0.15) is 5.82 Å². The lowest BCUT2D eigenvalue weighted by atomic mass is 9.88. The molecule has 1 fully saturated rings. The summed E-state index contributed by atoms with van der Waals surface area (Å²) < 4.78 is 19.2. The van der Waals surface area contributed by atoms with Gasteiger partial charge in [-0.05, 0) is 67.5 Å². The lowest BCUT2D eigenvalue weighted by Gasteiger charge is -2.29. The Morgan fingerprint density at radius 1 is 1.15 bits per heavy atom. The van der Waals surface area contributed by atoms with Crippen LogP contribution in [0.25, 0.3) is 5.57 Å². The summed E-state index contributed by atoms with van der Waals surface area (Å²) >= 11 is 0. The van der Waals surface area contributed by atoms with Crippen molar-refractivity contribution in [2.45, 2.75) is 32.6 Å². The number of pyridine rings is 1. The van der Waals surface area contributed by atoms with Crippen molar-refractivity contribution in [1.29, 1.82) is 0 Å². The van der Waals surface area contributed by atoms with Crippen LogP contribution in [0.5, 0.6) is 0 Å². The molecule has 1 amide bonds. The minimum absolute atomic E-state index is 0.227. The second kappa shape index (κ2) is 7.51. The van der Waals surface area contributed by atoms with Gasteiger partial charge in [0, 0.05) is 24.9 Å². The largest absolute Gasteiger partial charge is 0.450 e. The van der Waals surface area contributed by atoms with Gasteiger partial charge in [-0.3, -0.25) is 4.98 Å². The predicted octanol–water partition coefficient (Wildman–Crippen LogP) is 4.37. The highest BCUT2D eigenvalue weighted by Gasteiger charge is 2.27. The maximum atomic E-state index is 14.1. The number of fused-ring (bicyclic) bond motifs is 2. The van der Waals surface area contributed by atoms with E-state index in [-0.39, 0.29) is 11.9 Å². The van der Waals surface area contributed by atoms with Crippen LogP contribution in [-0.2, 0) is 17.6 Å². The molecule has 2 aliphatic rings. The van der Waals surface area contributed by atoms with Crippen molar-refractivity contribution in [2.24, 2.45) is 0 Å². The van der Waals surface area contributed by atoms with E-state index in [1.165, 1.54) is 17.2 Å². The highest BCUT2D eigenvalue weighted by molar-refractivity contribution is 5.84. The molecule has 2 aromatic rings. The van der Waals surface area contributed by atoms with Gasteiger partial charge in [-0.25, -0.2) is 9.18 Å². The highest BCUT2D eigenvalue weighted by Crippen LogP contribution is 2.37. The summed E-state index contributed by atoms with van der Waals surface area (Å²) in [5.41, 5.74) is 6.56. The SMILES string of the molecule is CCOC(=O)N1CCC(=C2c3cc(F)ccc3CCc3cccnc32)CC1. The Balaban J connectivity index is 1.77. The van der Waals surface area contributed by atoms with E-state index in [9.17, 15) is 9.18 Å². The maximum Gasteiger partial charge on any atom is 0.409 e. The van der Waals surface area contributed by atoms with Crippen molar-refractivity contribution in [3.63, 3.8) is 0 Å². The number of piperidine rings is 1. The molecule has 0 atom stereocenters. The minimum atomic E-state index is -0.257. The zero-order valence-electron chi connectivity index (χ0n) is 15.5. The van der Waals surface area contributed by atoms with Gasteiger partial charge in [0.2, 0.25) is 0 Å². The van der Waals surface area contributed by atoms with Crippen LogP contribution in [0.1, 0.15) is 42.1 Å². The number of rotatable bonds is 1. The lowest BCUT2D eigenvalue weighted by Crippen LogP contribution is -2.37. The fourth-order valence-corrected chi connectivity index (χ4v) is 4.04. The van der Waals surface area contributed by atoms with Crippen molar-refractivity contribution in [3.05, 3.63) is 70.3 Å². The van der Waals surface area contributed by atoms with Crippen LogP contribution >= 0.6 is 0 Å². The number of benzene rings is 1. The van der Waals surface area contributed by atoms with Gasteiger partial charge in [0.25, 0.3) is 0 Å². The van der Waals surface area contributed by atoms with Gasteiger partial charge in [-0.15, -0.1) is 0 Å². The number of hydrogen-bond acceptors (Lipinski definition) is 3. The zero-order chi connectivity index (χ0) is 18.8. The number of hydrogen-bond donors (Lipinski definition) is 0. The van der Waals surface area contributed by atoms with Gasteiger partial charge >= 0.3 is 6.09 Å². The third kappa shape index (κ3) is 3.46. The summed E-state index contributed by atoms with van der Waals surface area (Å²) in [4.78, 5) is 18.4. The van der Waals surface area contributed by atoms with E-state index in [1.54, 1.807) is 17.2 Å². The molecule has 0 bridgehead atoms. The number of aromatic nitrogens is 1. The molecule has 0 N–H and O–H groups in total. The Morgan fingerprint density at radius 2 is 1.93 bits per heavy atom. The van der Waals surface area contributed by atoms with Crippen LogP contribution in [0.2, 0.25) is 0 Å². The Labute approximate surface area is 158 Å². The zero-order valence-corrected chi connectivity index (χ0v) is 15.5. The first kappa shape index (κ1) is 17.7. The molecule has 1 aliphatic heterocycles. The van der Waals surface area contributed by atoms with Gasteiger partial charge in [-0.1, -0.05) is 17.7 Å². The Bertz CT molecular complexity index is 897. The summed E-state index contributed by atoms with van der Waals surface area (Å²) in [5, 5.41) is 0. The molecular weight excluding hydrogens is 343 g/mol. The molecule has 27 heavy (non-hydrogen) atoms. The van der Waals surface area contributed by atoms with E-state index in [4.69, 9.17) is 4.74 Å². The van der Waals surface area contributed by atoms with Crippen LogP contribution in [0, 0.1) is 5.82 Å². The van der Waals surface area contributed by atoms with E-state index in [1.807, 2.05) is 19.1 Å². The molecule has 0 saturated carbocycles. The van der Waals surface area contributed by atoms with Crippen molar-refractivity contribution in [1.82, 2.24) is 9.88 Å². The summed E-state index contributed by atoms with van der Waals surface area (Å²) in [7, 11) is 0. The van der Waals surface area contributed by atoms with Gasteiger partial charge in [0.05, 0.1) is 12.3 Å². The van der Waals surface area contributed by atoms with Crippen LogP contribution < -0.4 is 0 Å². The first-order valence-corrected chi connectivity index (χ1v) is 9.54. The molecule has 0 radical (unpaired) electrons. The van der Waals surface area contributed by atoms with Crippen molar-refractivity contribution >= 4 is 11.7 Å². The van der Waals surface area contributed by atoms with Crippen molar-refractivity contribution in [3.8, 4) is 0 Å². The summed E-state index contributed by atoms with van der Waals surface area (Å²) in [6, 6.07) is 9.14. The third-order valence-electron chi connectivity index (χ3n) is 5.38. The molecule has 1 saturated heterocycles. The van der Waals surface area contributed by atoms with Gasteiger partial charge < -0.3 is 9.64 Å². The predicted molar refractivity (Wildman–Crippen MR) is 102 cm³/mol. The van der Waals surface area contributed by atoms with E-state index in [0.29, 0.717) is 19.7 Å². The van der Waals surface area contributed by atoms with E-state index >= 15 is 0 Å². The topological polar surface area (TPSA) is 42.4 Å². The molecule has 140 valence electrons. The average Bonchev–Trinajstić information content (AvgIpc) is 2.85. The van der Waals surface area contributed by atoms with Crippen molar-refractivity contribution in [2.75, 3.05) is 19.7 Å². The Kier molecular flexibility index (Phi) is 4.92. The first-order valence-electron chi connectivity index (χ1n) is 9.54. The Morgan fingerprint density at radius 3 is 2.70 bits per heavy atom. The van der Waals surface area contributed by atoms with Crippen molar-refractivity contribution < 1.29 is 13.9 Å². The van der Waals surface area contributed by atoms with E-state index in [0.717, 1.165) is 48.1 Å². The molecule has 1 aromatic heterocycles. The number of halogens is 1. The quantitative estimate of drug-likeness (QED) is 0.752. The Hall–Kier alpha value is -2.69. The molecule has 1 aliphatic carbocycles. The fourth-order valence-electron chi connectivity index (χ4n) is 4.04. The molecular formula is C22H23FN2O2. The minimum Gasteiger partial charge on any atom is -0.450 e. The number of amides is 1. The van der Waals surface area contributed by atoms with Crippen LogP contribution in [0.4, 0.5) is 9.18 Å². The summed E-state index contributed by atoms with van der Waals surface area (Å²) in [6.07, 6.45) is 4.82. The number of ether oxygens (including phenoxy) is 1. The molecule has 4 rings (SSSR count). The lowest BCUT2D eigenvalue weighted by molar-refractivity contribution is 0.104. The second-order valence-corrected chi connectivity index (χ2v) is 6.98. The average molecular weight is 366 g/mol. The molecule has 4 nitrogen and oxygen atoms in total. The molecule has 0 spiro atoms. The fraction of sp³-hybridized carbons (Fsp3) is 0.364. The molecule has 2 heterocycles.